The Kier molecular flexibility index (Phi) is 8.05. The maximum atomic E-state index is 13.0. The Morgan fingerprint density at radius 1 is 0.947 bits per heavy atom. The lowest BCUT2D eigenvalue weighted by atomic mass is 10.2. The van der Waals surface area contributed by atoms with Crippen molar-refractivity contribution in [2.24, 2.45) is 0 Å². The molecule has 3 heterocycles. The molecule has 3 N–H and O–H groups in total. The van der Waals surface area contributed by atoms with Crippen LogP contribution in [0.3, 0.4) is 0 Å². The fraction of sp³-hybridized carbons (Fsp3) is 0.292. The Morgan fingerprint density at radius 2 is 1.66 bits per heavy atom. The molecule has 1 aliphatic heterocycles. The Morgan fingerprint density at radius 3 is 2.34 bits per heavy atom. The van der Waals surface area contributed by atoms with Crippen LogP contribution in [0.2, 0.25) is 10.0 Å². The molecule has 200 valence electrons. The molecule has 14 heteroatoms. The number of nitrogens with zero attached hydrogens (tertiary/aromatic N) is 4. The lowest BCUT2D eigenvalue weighted by Gasteiger charge is -2.26. The number of fused-ring (bicyclic) bond motifs is 1. The van der Waals surface area contributed by atoms with Gasteiger partial charge in [0, 0.05) is 31.9 Å². The van der Waals surface area contributed by atoms with Crippen molar-refractivity contribution >= 4 is 73.2 Å². The second-order valence-corrected chi connectivity index (χ2v) is 10.2. The van der Waals surface area contributed by atoms with Crippen LogP contribution in [0.25, 0.3) is 10.3 Å². The summed E-state index contributed by atoms with van der Waals surface area (Å²) in [4.78, 5) is 16.6. The van der Waals surface area contributed by atoms with Crippen LogP contribution in [-0.2, 0) is 10.9 Å². The predicted octanol–water partition coefficient (Wildman–Crippen LogP) is 6.64. The molecule has 1 aliphatic rings. The summed E-state index contributed by atoms with van der Waals surface area (Å²) in [6.07, 6.45) is -4.42. The zero-order valence-corrected chi connectivity index (χ0v) is 22.1. The summed E-state index contributed by atoms with van der Waals surface area (Å²) in [5, 5.41) is 10.8. The Bertz CT molecular complexity index is 1390. The van der Waals surface area contributed by atoms with Gasteiger partial charge in [-0.3, -0.25) is 4.90 Å². The molecular weight excluding hydrogens is 562 g/mol. The molecule has 2 aromatic carbocycles. The van der Waals surface area contributed by atoms with Gasteiger partial charge in [-0.2, -0.15) is 23.1 Å². The Hall–Kier alpha value is -2.90. The predicted molar refractivity (Wildman–Crippen MR) is 145 cm³/mol. The van der Waals surface area contributed by atoms with E-state index in [9.17, 15) is 13.2 Å². The van der Waals surface area contributed by atoms with Crippen molar-refractivity contribution in [3.8, 4) is 0 Å². The van der Waals surface area contributed by atoms with Gasteiger partial charge in [0.2, 0.25) is 5.95 Å². The third kappa shape index (κ3) is 6.38. The average molecular weight is 584 g/mol. The number of alkyl halides is 3. The molecule has 0 radical (unpaired) electrons. The fourth-order valence-electron chi connectivity index (χ4n) is 3.80. The smallest absolute Gasteiger partial charge is 0.379 e. The van der Waals surface area contributed by atoms with Gasteiger partial charge < -0.3 is 20.7 Å². The number of nitrogens with one attached hydrogen (secondary N) is 3. The number of thiazole rings is 1. The van der Waals surface area contributed by atoms with Gasteiger partial charge in [-0.1, -0.05) is 40.6 Å². The van der Waals surface area contributed by atoms with E-state index in [1.165, 1.54) is 23.5 Å². The largest absolute Gasteiger partial charge is 0.416 e. The summed E-state index contributed by atoms with van der Waals surface area (Å²) in [5.74, 6) is 0.712. The van der Waals surface area contributed by atoms with Crippen LogP contribution in [0.1, 0.15) is 5.56 Å². The molecule has 4 aromatic rings. The Balaban J connectivity index is 1.42. The first-order chi connectivity index (χ1) is 18.3. The summed E-state index contributed by atoms with van der Waals surface area (Å²) in [7, 11) is 0. The number of aromatic nitrogens is 3. The standard InChI is InChI=1S/C24H22Cl2F3N7OS/c25-16-2-1-3-17(26)18(16)32-23-33-19-20(31-15-6-4-14(5-7-15)24(27,28)29)34-22(35-21(19)38-23)30-8-9-36-10-12-37-13-11-36/h1-7H,8-13H2,(H,32,33)(H2,30,31,34,35). The topological polar surface area (TPSA) is 87.2 Å². The third-order valence-electron chi connectivity index (χ3n) is 5.74. The van der Waals surface area contributed by atoms with Crippen molar-refractivity contribution in [3.05, 3.63) is 58.1 Å². The zero-order valence-electron chi connectivity index (χ0n) is 19.8. The van der Waals surface area contributed by atoms with E-state index in [0.717, 1.165) is 31.8 Å². The molecule has 0 aliphatic carbocycles. The number of ether oxygens (including phenoxy) is 1. The van der Waals surface area contributed by atoms with Crippen molar-refractivity contribution in [2.45, 2.75) is 6.18 Å². The Labute approximate surface area is 230 Å². The van der Waals surface area contributed by atoms with Crippen LogP contribution >= 0.6 is 34.5 Å². The van der Waals surface area contributed by atoms with Crippen LogP contribution in [0.5, 0.6) is 0 Å². The third-order valence-corrected chi connectivity index (χ3v) is 7.24. The van der Waals surface area contributed by atoms with Gasteiger partial charge >= 0.3 is 6.18 Å². The molecule has 0 amide bonds. The van der Waals surface area contributed by atoms with Gasteiger partial charge in [-0.15, -0.1) is 0 Å². The molecule has 2 aromatic heterocycles. The molecule has 0 unspecified atom stereocenters. The molecular formula is C24H22Cl2F3N7OS. The highest BCUT2D eigenvalue weighted by atomic mass is 35.5. The lowest BCUT2D eigenvalue weighted by Crippen LogP contribution is -2.39. The number of anilines is 5. The van der Waals surface area contributed by atoms with Crippen LogP contribution in [0.4, 0.5) is 41.4 Å². The maximum absolute atomic E-state index is 13.0. The van der Waals surface area contributed by atoms with E-state index >= 15 is 0 Å². The number of hydrogen-bond acceptors (Lipinski definition) is 9. The summed E-state index contributed by atoms with van der Waals surface area (Å²) >= 11 is 13.9. The van der Waals surface area contributed by atoms with Crippen molar-refractivity contribution in [1.82, 2.24) is 19.9 Å². The number of rotatable bonds is 8. The van der Waals surface area contributed by atoms with Gasteiger partial charge in [0.05, 0.1) is 34.5 Å². The number of hydrogen-bond donors (Lipinski definition) is 3. The van der Waals surface area contributed by atoms with Crippen LogP contribution in [0.15, 0.2) is 42.5 Å². The molecule has 38 heavy (non-hydrogen) atoms. The minimum Gasteiger partial charge on any atom is -0.379 e. The van der Waals surface area contributed by atoms with Gasteiger partial charge in [-0.05, 0) is 36.4 Å². The summed E-state index contributed by atoms with van der Waals surface area (Å²) in [6.45, 7) is 4.51. The van der Waals surface area contributed by atoms with Gasteiger partial charge in [0.15, 0.2) is 15.8 Å². The molecule has 1 fully saturated rings. The summed E-state index contributed by atoms with van der Waals surface area (Å²) in [6, 6.07) is 9.86. The highest BCUT2D eigenvalue weighted by Gasteiger charge is 2.30. The SMILES string of the molecule is FC(F)(F)c1ccc(Nc2nc(NCCN3CCOCC3)nc3sc(Nc4c(Cl)cccc4Cl)nc23)cc1. The molecule has 0 spiro atoms. The molecule has 0 saturated carbocycles. The molecule has 1 saturated heterocycles. The average Bonchev–Trinajstić information content (AvgIpc) is 3.30. The first-order valence-corrected chi connectivity index (χ1v) is 13.2. The molecule has 0 bridgehead atoms. The van der Waals surface area contributed by atoms with Gasteiger partial charge in [0.1, 0.15) is 5.52 Å². The highest BCUT2D eigenvalue weighted by molar-refractivity contribution is 7.22. The van der Waals surface area contributed by atoms with E-state index in [1.54, 1.807) is 18.2 Å². The second kappa shape index (κ2) is 11.5. The first-order valence-electron chi connectivity index (χ1n) is 11.6. The van der Waals surface area contributed by atoms with E-state index in [1.807, 2.05) is 0 Å². The monoisotopic (exact) mass is 583 g/mol. The second-order valence-electron chi connectivity index (χ2n) is 8.37. The first kappa shape index (κ1) is 26.7. The van der Waals surface area contributed by atoms with Gasteiger partial charge in [0.25, 0.3) is 0 Å². The van der Waals surface area contributed by atoms with Crippen LogP contribution in [0, 0.1) is 0 Å². The van der Waals surface area contributed by atoms with E-state index in [-0.39, 0.29) is 0 Å². The van der Waals surface area contributed by atoms with Crippen molar-refractivity contribution < 1.29 is 17.9 Å². The van der Waals surface area contributed by atoms with Gasteiger partial charge in [-0.25, -0.2) is 4.98 Å². The van der Waals surface area contributed by atoms with Crippen molar-refractivity contribution in [1.29, 1.82) is 0 Å². The number of halogens is 5. The number of benzene rings is 2. The maximum Gasteiger partial charge on any atom is 0.416 e. The normalized spacial score (nSPS) is 14.6. The fourth-order valence-corrected chi connectivity index (χ4v) is 5.13. The zero-order chi connectivity index (χ0) is 26.7. The summed E-state index contributed by atoms with van der Waals surface area (Å²) < 4.78 is 44.4. The number of para-hydroxylation sites is 1. The highest BCUT2D eigenvalue weighted by Crippen LogP contribution is 2.37. The van der Waals surface area contributed by atoms with E-state index in [0.29, 0.717) is 68.4 Å². The lowest BCUT2D eigenvalue weighted by molar-refractivity contribution is -0.137. The molecule has 5 rings (SSSR count). The van der Waals surface area contributed by atoms with E-state index in [4.69, 9.17) is 27.9 Å². The number of morpholine rings is 1. The van der Waals surface area contributed by atoms with E-state index in [2.05, 4.69) is 35.8 Å². The van der Waals surface area contributed by atoms with Crippen molar-refractivity contribution in [3.63, 3.8) is 0 Å². The molecule has 8 nitrogen and oxygen atoms in total. The quantitative estimate of drug-likeness (QED) is 0.213. The minimum atomic E-state index is -4.42. The van der Waals surface area contributed by atoms with Crippen LogP contribution < -0.4 is 16.0 Å². The van der Waals surface area contributed by atoms with E-state index < -0.39 is 11.7 Å². The summed E-state index contributed by atoms with van der Waals surface area (Å²) in [5.41, 5.74) is 0.635. The van der Waals surface area contributed by atoms with Crippen LogP contribution in [-0.4, -0.2) is 59.2 Å². The van der Waals surface area contributed by atoms with Crippen molar-refractivity contribution in [2.75, 3.05) is 55.3 Å². The molecule has 0 atom stereocenters. The minimum absolute atomic E-state index is 0.346.